The summed E-state index contributed by atoms with van der Waals surface area (Å²) in [4.78, 5) is 0. The van der Waals surface area contributed by atoms with Crippen LogP contribution in [0.15, 0.2) is 12.2 Å². The van der Waals surface area contributed by atoms with Gasteiger partial charge in [-0.2, -0.15) is 0 Å². The van der Waals surface area contributed by atoms with Crippen molar-refractivity contribution in [1.29, 1.82) is 0 Å². The first kappa shape index (κ1) is 16.0. The van der Waals surface area contributed by atoms with Gasteiger partial charge in [-0.15, -0.1) is 0 Å². The van der Waals surface area contributed by atoms with E-state index in [9.17, 15) is 10.2 Å². The van der Waals surface area contributed by atoms with Crippen molar-refractivity contribution >= 4 is 0 Å². The highest BCUT2D eigenvalue weighted by Gasteiger charge is 2.52. The molecule has 5 unspecified atom stereocenters. The zero-order valence-corrected chi connectivity index (χ0v) is 12.9. The van der Waals surface area contributed by atoms with Crippen molar-refractivity contribution in [2.75, 3.05) is 6.61 Å². The molecule has 3 nitrogen and oxygen atoms in total. The Labute approximate surface area is 122 Å². The number of hydrogen-bond acceptors (Lipinski definition) is 3. The van der Waals surface area contributed by atoms with Crippen LogP contribution in [0.4, 0.5) is 0 Å². The summed E-state index contributed by atoms with van der Waals surface area (Å²) < 4.78 is 0. The maximum Gasteiger partial charge on any atom is 0.0651 e. The van der Waals surface area contributed by atoms with Gasteiger partial charge in [0.25, 0.3) is 0 Å². The van der Waals surface area contributed by atoms with E-state index < -0.39 is 11.2 Å². The van der Waals surface area contributed by atoms with Crippen molar-refractivity contribution in [3.05, 3.63) is 12.2 Å². The summed E-state index contributed by atoms with van der Waals surface area (Å²) in [5, 5.41) is 30.4. The van der Waals surface area contributed by atoms with Crippen molar-refractivity contribution in [3.8, 4) is 0 Å². The molecule has 2 saturated carbocycles. The number of fused-ring (bicyclic) bond motifs is 1. The summed E-state index contributed by atoms with van der Waals surface area (Å²) in [6.07, 6.45) is 5.97. The van der Waals surface area contributed by atoms with Gasteiger partial charge in [0, 0.05) is 6.61 Å². The van der Waals surface area contributed by atoms with E-state index in [-0.39, 0.29) is 18.4 Å². The molecule has 0 aromatic rings. The Hall–Kier alpha value is -0.380. The van der Waals surface area contributed by atoms with Gasteiger partial charge in [0.05, 0.1) is 11.2 Å². The van der Waals surface area contributed by atoms with Crippen LogP contribution < -0.4 is 0 Å². The van der Waals surface area contributed by atoms with E-state index in [1.165, 1.54) is 5.57 Å². The van der Waals surface area contributed by atoms with Gasteiger partial charge in [-0.25, -0.2) is 0 Å². The molecule has 0 aliphatic heterocycles. The molecule has 116 valence electrons. The van der Waals surface area contributed by atoms with Gasteiger partial charge < -0.3 is 15.3 Å². The van der Waals surface area contributed by atoms with Crippen molar-refractivity contribution < 1.29 is 15.3 Å². The second kappa shape index (κ2) is 5.78. The van der Waals surface area contributed by atoms with E-state index in [0.29, 0.717) is 5.92 Å². The molecule has 3 N–H and O–H groups in total. The molecule has 0 spiro atoms. The zero-order valence-electron chi connectivity index (χ0n) is 12.9. The molecule has 0 radical (unpaired) electrons. The topological polar surface area (TPSA) is 60.7 Å². The Balaban J connectivity index is 2.14. The lowest BCUT2D eigenvalue weighted by atomic mass is 9.75. The highest BCUT2D eigenvalue weighted by molar-refractivity contribution is 5.09. The van der Waals surface area contributed by atoms with E-state index in [4.69, 9.17) is 5.11 Å². The smallest absolute Gasteiger partial charge is 0.0651 e. The number of hydrogen-bond donors (Lipinski definition) is 3. The lowest BCUT2D eigenvalue weighted by Gasteiger charge is -2.35. The summed E-state index contributed by atoms with van der Waals surface area (Å²) in [5.74, 6) is 0.733. The summed E-state index contributed by atoms with van der Waals surface area (Å²) in [7, 11) is 0. The minimum absolute atomic E-state index is 0.163. The van der Waals surface area contributed by atoms with Gasteiger partial charge in [0.2, 0.25) is 0 Å². The predicted octanol–water partition coefficient (Wildman–Crippen LogP) is 2.64. The number of aliphatic hydroxyl groups excluding tert-OH is 1. The molecule has 0 aromatic heterocycles. The fourth-order valence-corrected chi connectivity index (χ4v) is 4.39. The van der Waals surface area contributed by atoms with Crippen molar-refractivity contribution in [1.82, 2.24) is 0 Å². The van der Waals surface area contributed by atoms with E-state index in [2.05, 4.69) is 6.58 Å². The van der Waals surface area contributed by atoms with Gasteiger partial charge >= 0.3 is 0 Å². The third kappa shape index (κ3) is 3.10. The maximum atomic E-state index is 10.8. The Bertz CT molecular complexity index is 359. The summed E-state index contributed by atoms with van der Waals surface area (Å²) in [6.45, 7) is 8.25. The zero-order chi connectivity index (χ0) is 15.0. The minimum atomic E-state index is -0.669. The summed E-state index contributed by atoms with van der Waals surface area (Å²) >= 11 is 0. The van der Waals surface area contributed by atoms with Crippen LogP contribution in [-0.2, 0) is 0 Å². The lowest BCUT2D eigenvalue weighted by Crippen LogP contribution is -2.40. The molecule has 2 rings (SSSR count). The Kier molecular flexibility index (Phi) is 4.63. The fourth-order valence-electron chi connectivity index (χ4n) is 4.39. The molecule has 0 aromatic carbocycles. The van der Waals surface area contributed by atoms with Crippen molar-refractivity contribution in [3.63, 3.8) is 0 Å². The van der Waals surface area contributed by atoms with E-state index in [1.54, 1.807) is 0 Å². The highest BCUT2D eigenvalue weighted by atomic mass is 16.3. The van der Waals surface area contributed by atoms with Crippen LogP contribution in [0.1, 0.15) is 58.8 Å². The Morgan fingerprint density at radius 1 is 1.10 bits per heavy atom. The van der Waals surface area contributed by atoms with Crippen LogP contribution in [0.2, 0.25) is 0 Å². The quantitative estimate of drug-likeness (QED) is 0.695. The Morgan fingerprint density at radius 2 is 1.70 bits per heavy atom. The first-order valence-electron chi connectivity index (χ1n) is 8.01. The molecule has 2 fully saturated rings. The third-order valence-corrected chi connectivity index (χ3v) is 5.82. The normalized spacial score (nSPS) is 45.0. The predicted molar refractivity (Wildman–Crippen MR) is 80.3 cm³/mol. The second-order valence-corrected chi connectivity index (χ2v) is 7.42. The van der Waals surface area contributed by atoms with Crippen molar-refractivity contribution in [2.45, 2.75) is 70.0 Å². The number of aliphatic hydroxyl groups is 3. The molecule has 2 aliphatic carbocycles. The van der Waals surface area contributed by atoms with Crippen LogP contribution in [0.5, 0.6) is 0 Å². The molecule has 3 heteroatoms. The average Bonchev–Trinajstić information content (AvgIpc) is 2.58. The molecule has 0 saturated heterocycles. The SMILES string of the molecule is C=C(CCCO)C1CCC(C)(O)C2CCC(C)(O)C2C1. The van der Waals surface area contributed by atoms with E-state index in [1.807, 2.05) is 13.8 Å². The molecule has 20 heavy (non-hydrogen) atoms. The van der Waals surface area contributed by atoms with Crippen molar-refractivity contribution in [2.24, 2.45) is 17.8 Å². The molecular formula is C17H30O3. The molecule has 5 atom stereocenters. The van der Waals surface area contributed by atoms with Crippen LogP contribution >= 0.6 is 0 Å². The fraction of sp³-hybridized carbons (Fsp3) is 0.882. The van der Waals surface area contributed by atoms with Crippen LogP contribution in [0.3, 0.4) is 0 Å². The monoisotopic (exact) mass is 282 g/mol. The summed E-state index contributed by atoms with van der Waals surface area (Å²) in [5.41, 5.74) is -0.149. The first-order chi connectivity index (χ1) is 9.28. The molecule has 2 aliphatic rings. The number of allylic oxidation sites excluding steroid dienone is 1. The van der Waals surface area contributed by atoms with E-state index in [0.717, 1.165) is 44.9 Å². The molecular weight excluding hydrogens is 252 g/mol. The largest absolute Gasteiger partial charge is 0.396 e. The lowest BCUT2D eigenvalue weighted by molar-refractivity contribution is -0.0539. The standard InChI is InChI=1S/C17H30O3/c1-12(5-4-10-18)13-6-8-16(2,19)14-7-9-17(3,20)15(14)11-13/h13-15,18-20H,1,4-11H2,2-3H3. The van der Waals surface area contributed by atoms with Gasteiger partial charge in [-0.05, 0) is 76.5 Å². The van der Waals surface area contributed by atoms with Gasteiger partial charge in [-0.3, -0.25) is 0 Å². The summed E-state index contributed by atoms with van der Waals surface area (Å²) in [6, 6.07) is 0. The number of rotatable bonds is 4. The van der Waals surface area contributed by atoms with Gasteiger partial charge in [0.15, 0.2) is 0 Å². The maximum absolute atomic E-state index is 10.8. The molecule has 0 heterocycles. The van der Waals surface area contributed by atoms with Gasteiger partial charge in [-0.1, -0.05) is 12.2 Å². The molecule has 0 bridgehead atoms. The molecule has 0 amide bonds. The van der Waals surface area contributed by atoms with E-state index >= 15 is 0 Å². The van der Waals surface area contributed by atoms with Gasteiger partial charge in [0.1, 0.15) is 0 Å². The van der Waals surface area contributed by atoms with Crippen LogP contribution in [0.25, 0.3) is 0 Å². The Morgan fingerprint density at radius 3 is 2.35 bits per heavy atom. The van der Waals surface area contributed by atoms with Crippen LogP contribution in [-0.4, -0.2) is 33.1 Å². The minimum Gasteiger partial charge on any atom is -0.396 e. The average molecular weight is 282 g/mol. The third-order valence-electron chi connectivity index (χ3n) is 5.82. The van der Waals surface area contributed by atoms with Crippen LogP contribution in [0, 0.1) is 17.8 Å². The second-order valence-electron chi connectivity index (χ2n) is 7.42. The first-order valence-corrected chi connectivity index (χ1v) is 8.01. The highest BCUT2D eigenvalue weighted by Crippen LogP contribution is 2.53.